The van der Waals surface area contributed by atoms with Gasteiger partial charge in [-0.15, -0.1) is 0 Å². The minimum Gasteiger partial charge on any atom is -0.376 e. The van der Waals surface area contributed by atoms with Gasteiger partial charge in [-0.05, 0) is 26.7 Å². The number of aryl methyl sites for hydroxylation is 1. The number of unbranched alkanes of at least 4 members (excludes halogenated alkanes) is 2. The van der Waals surface area contributed by atoms with Gasteiger partial charge in [-0.1, -0.05) is 26.7 Å². The Hall–Kier alpha value is -1.29. The molecule has 0 aromatic carbocycles. The summed E-state index contributed by atoms with van der Waals surface area (Å²) in [4.78, 5) is 26.2. The second kappa shape index (κ2) is 12.7. The van der Waals surface area contributed by atoms with Gasteiger partial charge in [0.25, 0.3) is 5.56 Å². The number of hydrogen-bond donors (Lipinski definition) is 1. The molecule has 0 spiro atoms. The van der Waals surface area contributed by atoms with Crippen LogP contribution in [0.25, 0.3) is 0 Å². The molecular weight excluding hydrogens is 427 g/mol. The van der Waals surface area contributed by atoms with Crippen molar-refractivity contribution >= 4 is 7.82 Å². The largest absolute Gasteiger partial charge is 0.474 e. The van der Waals surface area contributed by atoms with Gasteiger partial charge in [-0.2, -0.15) is 0 Å². The van der Waals surface area contributed by atoms with E-state index in [1.54, 1.807) is 6.92 Å². The third kappa shape index (κ3) is 7.66. The summed E-state index contributed by atoms with van der Waals surface area (Å²) < 4.78 is 42.6. The van der Waals surface area contributed by atoms with Crippen molar-refractivity contribution in [3.8, 4) is 0 Å². The highest BCUT2D eigenvalue weighted by Gasteiger charge is 2.39. The maximum absolute atomic E-state index is 13.0. The monoisotopic (exact) mass is 462 g/mol. The first-order chi connectivity index (χ1) is 14.8. The summed E-state index contributed by atoms with van der Waals surface area (Å²) in [6, 6.07) is 0. The predicted octanol–water partition coefficient (Wildman–Crippen LogP) is 3.30. The fourth-order valence-corrected chi connectivity index (χ4v) is 4.39. The van der Waals surface area contributed by atoms with Crippen molar-refractivity contribution in [1.29, 1.82) is 0 Å². The zero-order chi connectivity index (χ0) is 22.9. The van der Waals surface area contributed by atoms with Gasteiger partial charge in [0.2, 0.25) is 0 Å². The van der Waals surface area contributed by atoms with Crippen LogP contribution in [0.3, 0.4) is 0 Å². The lowest BCUT2D eigenvalue weighted by atomic mass is 10.2. The van der Waals surface area contributed by atoms with Crippen molar-refractivity contribution in [3.63, 3.8) is 0 Å². The van der Waals surface area contributed by atoms with E-state index in [1.807, 2.05) is 20.8 Å². The minimum absolute atomic E-state index is 0.0756. The van der Waals surface area contributed by atoms with Crippen LogP contribution < -0.4 is 11.2 Å². The number of aromatic amines is 1. The number of nitrogens with one attached hydrogen (secondary N) is 1. The van der Waals surface area contributed by atoms with Crippen LogP contribution in [0.1, 0.15) is 64.7 Å². The third-order valence-corrected chi connectivity index (χ3v) is 6.37. The van der Waals surface area contributed by atoms with Crippen LogP contribution in [-0.4, -0.2) is 48.2 Å². The third-order valence-electron chi connectivity index (χ3n) is 4.91. The number of H-pyrrole nitrogens is 1. The predicted molar refractivity (Wildman–Crippen MR) is 115 cm³/mol. The Labute approximate surface area is 182 Å². The molecule has 31 heavy (non-hydrogen) atoms. The van der Waals surface area contributed by atoms with Crippen molar-refractivity contribution in [1.82, 2.24) is 9.55 Å². The number of phosphoric acid groups is 1. The zero-order valence-electron chi connectivity index (χ0n) is 18.8. The maximum atomic E-state index is 13.0. The van der Waals surface area contributed by atoms with E-state index in [9.17, 15) is 14.2 Å². The van der Waals surface area contributed by atoms with E-state index in [0.717, 1.165) is 25.7 Å². The smallest absolute Gasteiger partial charge is 0.376 e. The normalized spacial score (nSPS) is 21.6. The molecule has 2 heterocycles. The summed E-state index contributed by atoms with van der Waals surface area (Å²) in [6.07, 6.45) is 3.50. The SMILES string of the molecule is CCCCOP(=O)(OCCCC)OC[C@H]1O[C@@H](n2cc(C)c(=O)[nH]c2=O)C[C@@H]1OCC. The van der Waals surface area contributed by atoms with Crippen LogP contribution in [0.5, 0.6) is 0 Å². The van der Waals surface area contributed by atoms with Gasteiger partial charge in [0.05, 0.1) is 25.9 Å². The van der Waals surface area contributed by atoms with Gasteiger partial charge < -0.3 is 9.47 Å². The lowest BCUT2D eigenvalue weighted by Gasteiger charge is -2.22. The van der Waals surface area contributed by atoms with Crippen molar-refractivity contribution < 1.29 is 27.6 Å². The molecule has 1 aliphatic heterocycles. The van der Waals surface area contributed by atoms with E-state index in [0.29, 0.717) is 18.6 Å². The summed E-state index contributed by atoms with van der Waals surface area (Å²) in [5.41, 5.74) is -0.599. The lowest BCUT2D eigenvalue weighted by Crippen LogP contribution is -2.33. The van der Waals surface area contributed by atoms with Crippen LogP contribution in [-0.2, 0) is 27.6 Å². The molecule has 178 valence electrons. The molecule has 2 rings (SSSR count). The highest BCUT2D eigenvalue weighted by molar-refractivity contribution is 7.48. The fraction of sp³-hybridized carbons (Fsp3) is 0.800. The van der Waals surface area contributed by atoms with Crippen LogP contribution in [0.15, 0.2) is 15.8 Å². The standard InChI is InChI=1S/C20H35N2O8P/c1-5-8-10-27-31(25,28-11-9-6-2)29-14-17-16(26-7-3)12-18(30-17)22-13-15(4)19(23)21-20(22)24/h13,16-18H,5-12,14H2,1-4H3,(H,21,23,24)/t16-,17+,18+/m0/s1. The van der Waals surface area contributed by atoms with Gasteiger partial charge in [-0.25, -0.2) is 9.36 Å². The average molecular weight is 462 g/mol. The van der Waals surface area contributed by atoms with Crippen molar-refractivity contribution in [2.45, 2.75) is 78.2 Å². The van der Waals surface area contributed by atoms with E-state index < -0.39 is 31.4 Å². The Morgan fingerprint density at radius 3 is 2.35 bits per heavy atom. The fourth-order valence-electron chi connectivity index (χ4n) is 3.13. The Balaban J connectivity index is 2.09. The number of nitrogens with zero attached hydrogens (tertiary/aromatic N) is 1. The van der Waals surface area contributed by atoms with E-state index >= 15 is 0 Å². The van der Waals surface area contributed by atoms with E-state index in [4.69, 9.17) is 23.0 Å². The Morgan fingerprint density at radius 2 is 1.77 bits per heavy atom. The Morgan fingerprint density at radius 1 is 1.13 bits per heavy atom. The molecule has 3 atom stereocenters. The molecule has 1 aliphatic rings. The van der Waals surface area contributed by atoms with E-state index in [1.165, 1.54) is 10.8 Å². The molecule has 0 bridgehead atoms. The second-order valence-corrected chi connectivity index (χ2v) is 9.12. The average Bonchev–Trinajstić information content (AvgIpc) is 3.13. The first kappa shape index (κ1) is 26.0. The molecule has 0 radical (unpaired) electrons. The summed E-state index contributed by atoms with van der Waals surface area (Å²) in [5.74, 6) is 0. The number of ether oxygens (including phenoxy) is 2. The quantitative estimate of drug-likeness (QED) is 0.331. The topological polar surface area (TPSA) is 118 Å². The van der Waals surface area contributed by atoms with Crippen molar-refractivity contribution in [2.24, 2.45) is 0 Å². The van der Waals surface area contributed by atoms with Gasteiger partial charge in [0.1, 0.15) is 12.3 Å². The van der Waals surface area contributed by atoms with E-state index in [-0.39, 0.29) is 25.9 Å². The van der Waals surface area contributed by atoms with Crippen molar-refractivity contribution in [3.05, 3.63) is 32.6 Å². The first-order valence-corrected chi connectivity index (χ1v) is 12.4. The maximum Gasteiger partial charge on any atom is 0.474 e. The van der Waals surface area contributed by atoms with Gasteiger partial charge in [0.15, 0.2) is 0 Å². The number of aromatic nitrogens is 2. The van der Waals surface area contributed by atoms with Crippen LogP contribution in [0.2, 0.25) is 0 Å². The second-order valence-electron chi connectivity index (χ2n) is 7.45. The Kier molecular flexibility index (Phi) is 10.6. The lowest BCUT2D eigenvalue weighted by molar-refractivity contribution is -0.0618. The first-order valence-electron chi connectivity index (χ1n) is 11.0. The van der Waals surface area contributed by atoms with Crippen LogP contribution >= 0.6 is 7.82 Å². The molecule has 1 aromatic rings. The summed E-state index contributed by atoms with van der Waals surface area (Å²) >= 11 is 0. The van der Waals surface area contributed by atoms with Gasteiger partial charge >= 0.3 is 13.5 Å². The molecule has 10 nitrogen and oxygen atoms in total. The summed E-state index contributed by atoms with van der Waals surface area (Å²) in [7, 11) is -3.74. The Bertz CT molecular complexity index is 825. The molecule has 1 N–H and O–H groups in total. The van der Waals surface area contributed by atoms with Crippen LogP contribution in [0, 0.1) is 6.92 Å². The molecule has 0 saturated carbocycles. The molecule has 1 aromatic heterocycles. The van der Waals surface area contributed by atoms with Crippen LogP contribution in [0.4, 0.5) is 0 Å². The zero-order valence-corrected chi connectivity index (χ0v) is 19.7. The van der Waals surface area contributed by atoms with Gasteiger partial charge in [0, 0.05) is 24.8 Å². The van der Waals surface area contributed by atoms with Gasteiger partial charge in [-0.3, -0.25) is 27.9 Å². The highest BCUT2D eigenvalue weighted by atomic mass is 31.2. The number of rotatable bonds is 14. The molecule has 1 saturated heterocycles. The molecule has 1 fully saturated rings. The highest BCUT2D eigenvalue weighted by Crippen LogP contribution is 2.50. The molecular formula is C20H35N2O8P. The molecule has 0 unspecified atom stereocenters. The number of phosphoric ester groups is 1. The summed E-state index contributed by atoms with van der Waals surface area (Å²) in [6.45, 7) is 8.39. The number of hydrogen-bond acceptors (Lipinski definition) is 8. The van der Waals surface area contributed by atoms with E-state index in [2.05, 4.69) is 4.98 Å². The molecule has 11 heteroatoms. The minimum atomic E-state index is -3.74. The molecule has 0 aliphatic carbocycles. The van der Waals surface area contributed by atoms with Crippen molar-refractivity contribution in [2.75, 3.05) is 26.4 Å². The summed E-state index contributed by atoms with van der Waals surface area (Å²) in [5, 5.41) is 0. The molecule has 0 amide bonds.